The smallest absolute Gasteiger partial charge is 0.416 e. The van der Waals surface area contributed by atoms with Gasteiger partial charge in [0.15, 0.2) is 11.6 Å². The average Bonchev–Trinajstić information content (AvgIpc) is 2.40. The lowest BCUT2D eigenvalue weighted by atomic mass is 9.80. The molecule has 0 aliphatic heterocycles. The summed E-state index contributed by atoms with van der Waals surface area (Å²) in [6.07, 6.45) is -0.425. The van der Waals surface area contributed by atoms with Crippen LogP contribution in [0.1, 0.15) is 49.3 Å². The van der Waals surface area contributed by atoms with Crippen LogP contribution in [0.2, 0.25) is 0 Å². The second-order valence-electron chi connectivity index (χ2n) is 5.28. The van der Waals surface area contributed by atoms with Crippen LogP contribution in [0.5, 0.6) is 5.75 Å². The molecule has 0 amide bonds. The number of rotatable bonds is 2. The van der Waals surface area contributed by atoms with Gasteiger partial charge in [-0.05, 0) is 30.9 Å². The molecule has 2 rings (SSSR count). The van der Waals surface area contributed by atoms with Crippen LogP contribution in [0, 0.1) is 11.7 Å². The zero-order valence-corrected chi connectivity index (χ0v) is 12.1. The Hall–Kier alpha value is -1.01. The lowest BCUT2D eigenvalue weighted by Gasteiger charge is -2.30. The van der Waals surface area contributed by atoms with Gasteiger partial charge in [-0.3, -0.25) is 0 Å². The van der Waals surface area contributed by atoms with Gasteiger partial charge in [0.05, 0.1) is 5.56 Å². The minimum absolute atomic E-state index is 0. The van der Waals surface area contributed by atoms with Gasteiger partial charge in [0.2, 0.25) is 0 Å². The first-order valence-electron chi connectivity index (χ1n) is 6.66. The van der Waals surface area contributed by atoms with E-state index in [1.807, 2.05) is 0 Å². The number of benzene rings is 1. The Labute approximate surface area is 126 Å². The van der Waals surface area contributed by atoms with E-state index in [4.69, 9.17) is 5.73 Å². The molecule has 0 unspecified atom stereocenters. The molecule has 120 valence electrons. The third-order valence-corrected chi connectivity index (χ3v) is 3.96. The lowest BCUT2D eigenvalue weighted by Crippen LogP contribution is -2.26. The van der Waals surface area contributed by atoms with Crippen molar-refractivity contribution >= 4 is 12.4 Å². The van der Waals surface area contributed by atoms with Crippen molar-refractivity contribution in [3.8, 4) is 5.75 Å². The van der Waals surface area contributed by atoms with Gasteiger partial charge in [-0.25, -0.2) is 4.39 Å². The first-order chi connectivity index (χ1) is 9.32. The number of hydrogen-bond acceptors (Lipinski definition) is 2. The van der Waals surface area contributed by atoms with Crippen LogP contribution in [0.3, 0.4) is 0 Å². The second-order valence-corrected chi connectivity index (χ2v) is 5.28. The Balaban J connectivity index is 0.00000220. The van der Waals surface area contributed by atoms with Gasteiger partial charge in [-0.1, -0.05) is 19.3 Å². The van der Waals surface area contributed by atoms with Gasteiger partial charge in [-0.15, -0.1) is 12.4 Å². The fourth-order valence-corrected chi connectivity index (χ4v) is 2.90. The lowest BCUT2D eigenvalue weighted by molar-refractivity contribution is -0.138. The summed E-state index contributed by atoms with van der Waals surface area (Å²) in [7, 11) is 0. The minimum Gasteiger partial charge on any atom is -0.505 e. The fourth-order valence-electron chi connectivity index (χ4n) is 2.90. The summed E-state index contributed by atoms with van der Waals surface area (Å²) >= 11 is 0. The first-order valence-corrected chi connectivity index (χ1v) is 6.66. The molecule has 0 heterocycles. The molecule has 1 aliphatic rings. The van der Waals surface area contributed by atoms with Crippen molar-refractivity contribution in [3.05, 3.63) is 29.1 Å². The molecule has 0 bridgehead atoms. The van der Waals surface area contributed by atoms with E-state index in [0.717, 1.165) is 19.3 Å². The zero-order valence-electron chi connectivity index (χ0n) is 11.3. The van der Waals surface area contributed by atoms with Gasteiger partial charge in [-0.2, -0.15) is 13.2 Å². The van der Waals surface area contributed by atoms with E-state index in [9.17, 15) is 22.7 Å². The molecule has 1 atom stereocenters. The molecular formula is C14H18ClF4NO. The molecule has 21 heavy (non-hydrogen) atoms. The van der Waals surface area contributed by atoms with Gasteiger partial charge >= 0.3 is 6.18 Å². The van der Waals surface area contributed by atoms with Gasteiger partial charge in [0, 0.05) is 11.6 Å². The number of alkyl halides is 3. The number of aromatic hydroxyl groups is 1. The summed E-state index contributed by atoms with van der Waals surface area (Å²) in [5.74, 6) is -2.20. The van der Waals surface area contributed by atoms with E-state index in [0.29, 0.717) is 25.0 Å². The summed E-state index contributed by atoms with van der Waals surface area (Å²) in [6, 6.07) is 0.269. The van der Waals surface area contributed by atoms with Gasteiger partial charge in [0.1, 0.15) is 0 Å². The first kappa shape index (κ1) is 18.0. The Morgan fingerprint density at radius 3 is 2.24 bits per heavy atom. The number of phenols is 1. The highest BCUT2D eigenvalue weighted by atomic mass is 35.5. The maximum atomic E-state index is 13.4. The Morgan fingerprint density at radius 1 is 1.14 bits per heavy atom. The van der Waals surface area contributed by atoms with Crippen LogP contribution in [-0.2, 0) is 6.18 Å². The monoisotopic (exact) mass is 327 g/mol. The fraction of sp³-hybridized carbons (Fsp3) is 0.571. The third-order valence-electron chi connectivity index (χ3n) is 3.96. The molecule has 0 saturated heterocycles. The largest absolute Gasteiger partial charge is 0.505 e. The van der Waals surface area contributed by atoms with E-state index in [-0.39, 0.29) is 18.3 Å². The van der Waals surface area contributed by atoms with E-state index >= 15 is 0 Å². The maximum Gasteiger partial charge on any atom is 0.416 e. The van der Waals surface area contributed by atoms with Crippen molar-refractivity contribution in [2.45, 2.75) is 44.3 Å². The highest BCUT2D eigenvalue weighted by Gasteiger charge is 2.38. The summed E-state index contributed by atoms with van der Waals surface area (Å²) in [5.41, 5.74) is 4.35. The number of phenolic OH excluding ortho intramolecular Hbond substituents is 1. The highest BCUT2D eigenvalue weighted by molar-refractivity contribution is 5.85. The van der Waals surface area contributed by atoms with E-state index in [2.05, 4.69) is 0 Å². The van der Waals surface area contributed by atoms with Crippen LogP contribution in [0.25, 0.3) is 0 Å². The molecule has 2 nitrogen and oxygen atoms in total. The predicted molar refractivity (Wildman–Crippen MR) is 73.8 cm³/mol. The topological polar surface area (TPSA) is 46.2 Å². The number of nitrogens with two attached hydrogens (primary N) is 1. The average molecular weight is 328 g/mol. The molecular weight excluding hydrogens is 310 g/mol. The second kappa shape index (κ2) is 6.83. The maximum absolute atomic E-state index is 13.4. The quantitative estimate of drug-likeness (QED) is 0.783. The number of hydrogen-bond donors (Lipinski definition) is 2. The van der Waals surface area contributed by atoms with Crippen LogP contribution in [0.15, 0.2) is 12.1 Å². The van der Waals surface area contributed by atoms with Crippen molar-refractivity contribution in [2.75, 3.05) is 0 Å². The molecule has 1 fully saturated rings. The van der Waals surface area contributed by atoms with E-state index < -0.39 is 34.9 Å². The summed E-state index contributed by atoms with van der Waals surface area (Å²) in [4.78, 5) is 0. The molecule has 1 aliphatic carbocycles. The van der Waals surface area contributed by atoms with Gasteiger partial charge in [0.25, 0.3) is 0 Å². The predicted octanol–water partition coefficient (Wildman–Crippen LogP) is 4.55. The molecule has 0 radical (unpaired) electrons. The minimum atomic E-state index is -4.66. The SMILES string of the molecule is Cl.N[C@@H](c1c(C(F)(F)F)ccc(F)c1O)C1CCCCC1. The Kier molecular flexibility index (Phi) is 5.87. The van der Waals surface area contributed by atoms with Crippen LogP contribution >= 0.6 is 12.4 Å². The van der Waals surface area contributed by atoms with Crippen molar-refractivity contribution in [1.29, 1.82) is 0 Å². The highest BCUT2D eigenvalue weighted by Crippen LogP contribution is 2.43. The number of halogens is 5. The molecule has 0 aromatic heterocycles. The molecule has 0 spiro atoms. The molecule has 3 N–H and O–H groups in total. The third kappa shape index (κ3) is 3.80. The van der Waals surface area contributed by atoms with E-state index in [1.54, 1.807) is 0 Å². The normalized spacial score (nSPS) is 18.1. The molecule has 1 aromatic rings. The van der Waals surface area contributed by atoms with Crippen molar-refractivity contribution in [2.24, 2.45) is 11.7 Å². The summed E-state index contributed by atoms with van der Waals surface area (Å²) in [6.45, 7) is 0. The molecule has 7 heteroatoms. The van der Waals surface area contributed by atoms with Crippen molar-refractivity contribution in [3.63, 3.8) is 0 Å². The summed E-state index contributed by atoms with van der Waals surface area (Å²) < 4.78 is 52.4. The Morgan fingerprint density at radius 2 is 1.71 bits per heavy atom. The van der Waals surface area contributed by atoms with Crippen LogP contribution in [-0.4, -0.2) is 5.11 Å². The summed E-state index contributed by atoms with van der Waals surface area (Å²) in [5, 5.41) is 9.69. The van der Waals surface area contributed by atoms with Gasteiger partial charge < -0.3 is 10.8 Å². The molecule has 1 aromatic carbocycles. The Bertz CT molecular complexity index is 487. The van der Waals surface area contributed by atoms with Crippen LogP contribution in [0.4, 0.5) is 17.6 Å². The zero-order chi connectivity index (χ0) is 14.9. The van der Waals surface area contributed by atoms with Crippen LogP contribution < -0.4 is 5.73 Å². The van der Waals surface area contributed by atoms with Crippen molar-refractivity contribution in [1.82, 2.24) is 0 Å². The van der Waals surface area contributed by atoms with E-state index in [1.165, 1.54) is 0 Å². The standard InChI is InChI=1S/C14H17F4NO.ClH/c15-10-7-6-9(14(16,17)18)11(13(10)20)12(19)8-4-2-1-3-5-8;/h6-8,12,20H,1-5,19H2;1H/t12-;/m1./s1. The van der Waals surface area contributed by atoms with Crippen molar-refractivity contribution < 1.29 is 22.7 Å². The molecule has 1 saturated carbocycles.